The molecule has 0 aliphatic rings. The summed E-state index contributed by atoms with van der Waals surface area (Å²) < 4.78 is 0. The van der Waals surface area contributed by atoms with Crippen LogP contribution in [0.5, 0.6) is 0 Å². The number of nitrogens with two attached hydrogens (primary N) is 1. The number of amides is 1. The third-order valence-corrected chi connectivity index (χ3v) is 1.48. The molecule has 4 heteroatoms. The normalized spacial score (nSPS) is 8.93. The topological polar surface area (TPSA) is 76.2 Å². The standard InChI is InChI=1S/C10H10N2O2/c11-10(14)3-1-2-8-4-5-9(7-13)12-6-8/h4-6,13H,3,7H2,(H2,11,14). The Balaban J connectivity index is 2.66. The van der Waals surface area contributed by atoms with Crippen LogP contribution < -0.4 is 5.73 Å². The fourth-order valence-electron chi connectivity index (χ4n) is 0.825. The van der Waals surface area contributed by atoms with Crippen LogP contribution in [-0.2, 0) is 11.4 Å². The number of pyridine rings is 1. The van der Waals surface area contributed by atoms with Crippen molar-refractivity contribution in [3.8, 4) is 11.8 Å². The van der Waals surface area contributed by atoms with Gasteiger partial charge in [-0.1, -0.05) is 11.8 Å². The van der Waals surface area contributed by atoms with Gasteiger partial charge in [-0.2, -0.15) is 0 Å². The van der Waals surface area contributed by atoms with Crippen LogP contribution in [0.1, 0.15) is 17.7 Å². The van der Waals surface area contributed by atoms with Gasteiger partial charge in [0.2, 0.25) is 5.91 Å². The second kappa shape index (κ2) is 5.00. The van der Waals surface area contributed by atoms with Crippen molar-refractivity contribution in [2.24, 2.45) is 5.73 Å². The molecule has 0 aliphatic heterocycles. The van der Waals surface area contributed by atoms with Crippen molar-refractivity contribution in [2.45, 2.75) is 13.0 Å². The Bertz CT molecular complexity index is 373. The second-order valence-corrected chi connectivity index (χ2v) is 2.64. The Morgan fingerprint density at radius 2 is 2.36 bits per heavy atom. The average Bonchev–Trinajstić information content (AvgIpc) is 2.18. The Hall–Kier alpha value is -1.86. The van der Waals surface area contributed by atoms with Gasteiger partial charge in [-0.3, -0.25) is 9.78 Å². The van der Waals surface area contributed by atoms with E-state index in [4.69, 9.17) is 10.8 Å². The molecule has 0 fully saturated rings. The lowest BCUT2D eigenvalue weighted by molar-refractivity contribution is -0.117. The lowest BCUT2D eigenvalue weighted by atomic mass is 10.2. The van der Waals surface area contributed by atoms with E-state index in [9.17, 15) is 4.79 Å². The monoisotopic (exact) mass is 190 g/mol. The lowest BCUT2D eigenvalue weighted by Crippen LogP contribution is -2.08. The minimum atomic E-state index is -0.447. The molecule has 72 valence electrons. The molecule has 3 N–H and O–H groups in total. The molecular formula is C10H10N2O2. The second-order valence-electron chi connectivity index (χ2n) is 2.64. The van der Waals surface area contributed by atoms with Gasteiger partial charge in [-0.25, -0.2) is 0 Å². The van der Waals surface area contributed by atoms with Crippen molar-refractivity contribution < 1.29 is 9.90 Å². The number of aliphatic hydroxyl groups excluding tert-OH is 1. The minimum Gasteiger partial charge on any atom is -0.390 e. The summed E-state index contributed by atoms with van der Waals surface area (Å²) in [6, 6.07) is 3.40. The van der Waals surface area contributed by atoms with Crippen LogP contribution >= 0.6 is 0 Å². The molecule has 0 aromatic carbocycles. The first-order valence-corrected chi connectivity index (χ1v) is 4.05. The molecule has 1 aromatic rings. The van der Waals surface area contributed by atoms with E-state index in [1.54, 1.807) is 18.3 Å². The van der Waals surface area contributed by atoms with Crippen molar-refractivity contribution >= 4 is 5.91 Å². The van der Waals surface area contributed by atoms with E-state index in [-0.39, 0.29) is 13.0 Å². The molecule has 0 aliphatic carbocycles. The minimum absolute atomic E-state index is 0.0434. The third-order valence-electron chi connectivity index (χ3n) is 1.48. The number of hydrogen-bond acceptors (Lipinski definition) is 3. The highest BCUT2D eigenvalue weighted by Gasteiger charge is 1.91. The van der Waals surface area contributed by atoms with Gasteiger partial charge in [0.25, 0.3) is 0 Å². The molecule has 0 spiro atoms. The fourth-order valence-corrected chi connectivity index (χ4v) is 0.825. The zero-order valence-electron chi connectivity index (χ0n) is 7.53. The number of aliphatic hydroxyl groups is 1. The summed E-state index contributed by atoms with van der Waals surface area (Å²) in [5.74, 6) is 4.90. The van der Waals surface area contributed by atoms with Gasteiger partial charge < -0.3 is 10.8 Å². The highest BCUT2D eigenvalue weighted by Crippen LogP contribution is 1.98. The number of carbonyl (C=O) groups is 1. The largest absolute Gasteiger partial charge is 0.390 e. The molecule has 0 unspecified atom stereocenters. The number of hydrogen-bond donors (Lipinski definition) is 2. The van der Waals surface area contributed by atoms with Crippen LogP contribution in [-0.4, -0.2) is 16.0 Å². The van der Waals surface area contributed by atoms with Crippen LogP contribution in [0.4, 0.5) is 0 Å². The van der Waals surface area contributed by atoms with Crippen molar-refractivity contribution in [2.75, 3.05) is 0 Å². The van der Waals surface area contributed by atoms with E-state index in [1.165, 1.54) is 0 Å². The number of primary amides is 1. The molecular weight excluding hydrogens is 180 g/mol. The molecule has 0 radical (unpaired) electrons. The molecule has 0 saturated heterocycles. The van der Waals surface area contributed by atoms with Gasteiger partial charge in [-0.15, -0.1) is 0 Å². The van der Waals surface area contributed by atoms with Gasteiger partial charge in [-0.05, 0) is 12.1 Å². The highest BCUT2D eigenvalue weighted by molar-refractivity contribution is 5.76. The Morgan fingerprint density at radius 1 is 1.57 bits per heavy atom. The molecule has 1 heterocycles. The SMILES string of the molecule is NC(=O)CC#Cc1ccc(CO)nc1. The summed E-state index contributed by atoms with van der Waals surface area (Å²) in [5, 5.41) is 8.72. The number of nitrogens with zero attached hydrogens (tertiary/aromatic N) is 1. The molecule has 4 nitrogen and oxygen atoms in total. The summed E-state index contributed by atoms with van der Waals surface area (Å²) in [4.78, 5) is 14.3. The maximum absolute atomic E-state index is 10.4. The summed E-state index contributed by atoms with van der Waals surface area (Å²) in [6.07, 6.45) is 1.58. The lowest BCUT2D eigenvalue weighted by Gasteiger charge is -1.93. The average molecular weight is 190 g/mol. The quantitative estimate of drug-likeness (QED) is 0.634. The van der Waals surface area contributed by atoms with E-state index in [2.05, 4.69) is 16.8 Å². The van der Waals surface area contributed by atoms with Gasteiger partial charge >= 0.3 is 0 Å². The highest BCUT2D eigenvalue weighted by atomic mass is 16.3. The van der Waals surface area contributed by atoms with Crippen molar-refractivity contribution in [3.05, 3.63) is 29.6 Å². The van der Waals surface area contributed by atoms with Crippen LogP contribution in [0.25, 0.3) is 0 Å². The molecule has 14 heavy (non-hydrogen) atoms. The first-order valence-electron chi connectivity index (χ1n) is 4.05. The van der Waals surface area contributed by atoms with Crippen LogP contribution in [0.2, 0.25) is 0 Å². The predicted octanol–water partition coefficient (Wildman–Crippen LogP) is -0.199. The summed E-state index contributed by atoms with van der Waals surface area (Å²) in [6.45, 7) is -0.0883. The predicted molar refractivity (Wildman–Crippen MR) is 50.8 cm³/mol. The van der Waals surface area contributed by atoms with Crippen LogP contribution in [0, 0.1) is 11.8 Å². The Labute approximate surface area is 81.8 Å². The van der Waals surface area contributed by atoms with E-state index < -0.39 is 5.91 Å². The zero-order valence-corrected chi connectivity index (χ0v) is 7.53. The number of aromatic nitrogens is 1. The van der Waals surface area contributed by atoms with Crippen LogP contribution in [0.15, 0.2) is 18.3 Å². The number of carbonyl (C=O) groups excluding carboxylic acids is 1. The summed E-state index contributed by atoms with van der Waals surface area (Å²) in [7, 11) is 0. The molecule has 0 saturated carbocycles. The zero-order chi connectivity index (χ0) is 10.4. The Morgan fingerprint density at radius 3 is 2.86 bits per heavy atom. The van der Waals surface area contributed by atoms with Crippen molar-refractivity contribution in [3.63, 3.8) is 0 Å². The van der Waals surface area contributed by atoms with E-state index in [0.29, 0.717) is 11.3 Å². The van der Waals surface area contributed by atoms with Gasteiger partial charge in [0.15, 0.2) is 0 Å². The smallest absolute Gasteiger partial charge is 0.229 e. The summed E-state index contributed by atoms with van der Waals surface area (Å²) >= 11 is 0. The molecule has 1 rings (SSSR count). The molecule has 1 amide bonds. The third kappa shape index (κ3) is 3.25. The maximum Gasteiger partial charge on any atom is 0.229 e. The Kier molecular flexibility index (Phi) is 3.65. The number of rotatable bonds is 2. The first-order chi connectivity index (χ1) is 6.72. The summed E-state index contributed by atoms with van der Waals surface area (Å²) in [5.41, 5.74) is 6.20. The molecule has 0 atom stereocenters. The van der Waals surface area contributed by atoms with Gasteiger partial charge in [0.05, 0.1) is 18.7 Å². The van der Waals surface area contributed by atoms with E-state index in [1.807, 2.05) is 0 Å². The van der Waals surface area contributed by atoms with Crippen LogP contribution in [0.3, 0.4) is 0 Å². The van der Waals surface area contributed by atoms with Crippen molar-refractivity contribution in [1.82, 2.24) is 4.98 Å². The van der Waals surface area contributed by atoms with Crippen molar-refractivity contribution in [1.29, 1.82) is 0 Å². The maximum atomic E-state index is 10.4. The van der Waals surface area contributed by atoms with E-state index in [0.717, 1.165) is 0 Å². The van der Waals surface area contributed by atoms with Gasteiger partial charge in [0, 0.05) is 11.8 Å². The molecule has 1 aromatic heterocycles. The first kappa shape index (κ1) is 10.2. The molecule has 0 bridgehead atoms. The van der Waals surface area contributed by atoms with Gasteiger partial charge in [0.1, 0.15) is 0 Å². The fraction of sp³-hybridized carbons (Fsp3) is 0.200. The van der Waals surface area contributed by atoms with E-state index >= 15 is 0 Å².